The number of carbonyl (C=O) groups is 1. The second kappa shape index (κ2) is 7.06. The molecule has 1 aliphatic heterocycles. The third-order valence-corrected chi connectivity index (χ3v) is 4.27. The van der Waals surface area contributed by atoms with Crippen molar-refractivity contribution in [3.63, 3.8) is 0 Å². The number of piperidine rings is 1. The monoisotopic (exact) mass is 324 g/mol. The molecule has 1 heterocycles. The lowest BCUT2D eigenvalue weighted by Gasteiger charge is -2.24. The number of hydrogen-bond acceptors (Lipinski definition) is 2. The molecular weight excluding hydrogens is 304 g/mol. The number of rotatable bonds is 4. The van der Waals surface area contributed by atoms with Crippen LogP contribution in [-0.4, -0.2) is 24.5 Å². The van der Waals surface area contributed by atoms with Gasteiger partial charge in [-0.25, -0.2) is 0 Å². The van der Waals surface area contributed by atoms with Crippen LogP contribution < -0.4 is 10.6 Å². The Morgan fingerprint density at radius 1 is 1.47 bits per heavy atom. The van der Waals surface area contributed by atoms with Crippen LogP contribution in [0.1, 0.15) is 31.7 Å². The standard InChI is InChI=1S/C15H21BrN2O/c1-11(10-12-6-2-3-7-13(12)16)18-15(19)14-8-4-5-9-17-14/h2-3,6-7,11,14,17H,4-5,8-10H2,1H3,(H,18,19). The first kappa shape index (κ1) is 14.5. The van der Waals surface area contributed by atoms with E-state index in [9.17, 15) is 4.79 Å². The molecule has 0 spiro atoms. The summed E-state index contributed by atoms with van der Waals surface area (Å²) in [6, 6.07) is 8.29. The largest absolute Gasteiger partial charge is 0.352 e. The zero-order valence-electron chi connectivity index (χ0n) is 11.3. The topological polar surface area (TPSA) is 41.1 Å². The van der Waals surface area contributed by atoms with E-state index in [1.807, 2.05) is 18.2 Å². The predicted molar refractivity (Wildman–Crippen MR) is 81.1 cm³/mol. The number of nitrogens with one attached hydrogen (secondary N) is 2. The Morgan fingerprint density at radius 2 is 2.26 bits per heavy atom. The average Bonchev–Trinajstić information content (AvgIpc) is 2.42. The predicted octanol–water partition coefficient (Wildman–Crippen LogP) is 2.64. The van der Waals surface area contributed by atoms with E-state index in [0.29, 0.717) is 0 Å². The molecule has 0 saturated carbocycles. The fourth-order valence-corrected chi connectivity index (χ4v) is 2.91. The number of benzene rings is 1. The van der Waals surface area contributed by atoms with E-state index in [1.54, 1.807) is 0 Å². The third-order valence-electron chi connectivity index (χ3n) is 3.50. The van der Waals surface area contributed by atoms with E-state index in [0.717, 1.165) is 30.3 Å². The smallest absolute Gasteiger partial charge is 0.237 e. The van der Waals surface area contributed by atoms with Crippen LogP contribution in [0.15, 0.2) is 28.7 Å². The van der Waals surface area contributed by atoms with Gasteiger partial charge in [-0.15, -0.1) is 0 Å². The minimum atomic E-state index is -0.00425. The van der Waals surface area contributed by atoms with Crippen molar-refractivity contribution < 1.29 is 4.79 Å². The average molecular weight is 325 g/mol. The van der Waals surface area contributed by atoms with Gasteiger partial charge in [0.2, 0.25) is 5.91 Å². The highest BCUT2D eigenvalue weighted by atomic mass is 79.9. The molecule has 1 fully saturated rings. The normalized spacial score (nSPS) is 20.8. The lowest BCUT2D eigenvalue weighted by molar-refractivity contribution is -0.124. The van der Waals surface area contributed by atoms with Crippen LogP contribution in [0, 0.1) is 0 Å². The van der Waals surface area contributed by atoms with Crippen LogP contribution in [-0.2, 0) is 11.2 Å². The fourth-order valence-electron chi connectivity index (χ4n) is 2.46. The Hall–Kier alpha value is -0.870. The van der Waals surface area contributed by atoms with Crippen molar-refractivity contribution in [1.82, 2.24) is 10.6 Å². The van der Waals surface area contributed by atoms with Crippen LogP contribution in [0.25, 0.3) is 0 Å². The van der Waals surface area contributed by atoms with Gasteiger partial charge in [-0.2, -0.15) is 0 Å². The van der Waals surface area contributed by atoms with Gasteiger partial charge < -0.3 is 10.6 Å². The summed E-state index contributed by atoms with van der Waals surface area (Å²) in [6.07, 6.45) is 4.12. The Bertz CT molecular complexity index is 430. The molecule has 2 N–H and O–H groups in total. The molecule has 1 aromatic rings. The number of halogens is 1. The van der Waals surface area contributed by atoms with Crippen molar-refractivity contribution in [2.75, 3.05) is 6.54 Å². The first-order chi connectivity index (χ1) is 9.16. The fraction of sp³-hybridized carbons (Fsp3) is 0.533. The first-order valence-corrected chi connectivity index (χ1v) is 7.73. The Labute approximate surface area is 123 Å². The molecule has 2 atom stereocenters. The van der Waals surface area contributed by atoms with E-state index < -0.39 is 0 Å². The minimum absolute atomic E-state index is 0.00425. The van der Waals surface area contributed by atoms with Gasteiger partial charge in [0.15, 0.2) is 0 Å². The molecule has 4 heteroatoms. The van der Waals surface area contributed by atoms with Gasteiger partial charge in [0.1, 0.15) is 0 Å². The van der Waals surface area contributed by atoms with Crippen LogP contribution in [0.4, 0.5) is 0 Å². The van der Waals surface area contributed by atoms with Crippen molar-refractivity contribution in [3.05, 3.63) is 34.3 Å². The van der Waals surface area contributed by atoms with Crippen molar-refractivity contribution in [1.29, 1.82) is 0 Å². The molecule has 1 aromatic carbocycles. The first-order valence-electron chi connectivity index (χ1n) is 6.94. The highest BCUT2D eigenvalue weighted by Gasteiger charge is 2.21. The molecule has 0 bridgehead atoms. The lowest BCUT2D eigenvalue weighted by Crippen LogP contribution is -2.49. The van der Waals surface area contributed by atoms with Gasteiger partial charge in [-0.05, 0) is 44.4 Å². The van der Waals surface area contributed by atoms with Crippen LogP contribution in [0.2, 0.25) is 0 Å². The van der Waals surface area contributed by atoms with Crippen LogP contribution in [0.3, 0.4) is 0 Å². The Balaban J connectivity index is 1.85. The summed E-state index contributed by atoms with van der Waals surface area (Å²) in [5, 5.41) is 6.38. The van der Waals surface area contributed by atoms with Gasteiger partial charge in [-0.3, -0.25) is 4.79 Å². The molecule has 1 saturated heterocycles. The molecule has 0 radical (unpaired) electrons. The Morgan fingerprint density at radius 3 is 2.95 bits per heavy atom. The number of carbonyl (C=O) groups excluding carboxylic acids is 1. The zero-order chi connectivity index (χ0) is 13.7. The van der Waals surface area contributed by atoms with Gasteiger partial charge in [-0.1, -0.05) is 40.5 Å². The van der Waals surface area contributed by atoms with Crippen molar-refractivity contribution in [2.45, 2.75) is 44.7 Å². The molecule has 1 amide bonds. The van der Waals surface area contributed by atoms with Gasteiger partial charge in [0, 0.05) is 10.5 Å². The summed E-state index contributed by atoms with van der Waals surface area (Å²) < 4.78 is 1.10. The maximum Gasteiger partial charge on any atom is 0.237 e. The van der Waals surface area contributed by atoms with E-state index in [4.69, 9.17) is 0 Å². The molecule has 2 rings (SSSR count). The summed E-state index contributed by atoms with van der Waals surface area (Å²) >= 11 is 3.54. The summed E-state index contributed by atoms with van der Waals surface area (Å²) in [6.45, 7) is 3.01. The van der Waals surface area contributed by atoms with E-state index >= 15 is 0 Å². The van der Waals surface area contributed by atoms with Crippen LogP contribution in [0.5, 0.6) is 0 Å². The summed E-state index contributed by atoms with van der Waals surface area (Å²) in [5.74, 6) is 0.138. The van der Waals surface area contributed by atoms with E-state index in [2.05, 4.69) is 39.6 Å². The van der Waals surface area contributed by atoms with Crippen molar-refractivity contribution in [3.8, 4) is 0 Å². The number of amides is 1. The third kappa shape index (κ3) is 4.32. The second-order valence-electron chi connectivity index (χ2n) is 5.21. The summed E-state index contributed by atoms with van der Waals surface area (Å²) in [5.41, 5.74) is 1.23. The molecule has 0 aliphatic carbocycles. The molecule has 2 unspecified atom stereocenters. The Kier molecular flexibility index (Phi) is 5.40. The molecule has 0 aromatic heterocycles. The number of hydrogen-bond donors (Lipinski definition) is 2. The highest BCUT2D eigenvalue weighted by molar-refractivity contribution is 9.10. The highest BCUT2D eigenvalue weighted by Crippen LogP contribution is 2.17. The zero-order valence-corrected chi connectivity index (χ0v) is 12.9. The van der Waals surface area contributed by atoms with Gasteiger partial charge in [0.05, 0.1) is 6.04 Å². The molecular formula is C15H21BrN2O. The SMILES string of the molecule is CC(Cc1ccccc1Br)NC(=O)C1CCCCN1. The van der Waals surface area contributed by atoms with Gasteiger partial charge >= 0.3 is 0 Å². The van der Waals surface area contributed by atoms with Gasteiger partial charge in [0.25, 0.3) is 0 Å². The van der Waals surface area contributed by atoms with Crippen molar-refractivity contribution >= 4 is 21.8 Å². The maximum atomic E-state index is 12.1. The maximum absolute atomic E-state index is 12.1. The summed E-state index contributed by atoms with van der Waals surface area (Å²) in [4.78, 5) is 12.1. The molecule has 1 aliphatic rings. The minimum Gasteiger partial charge on any atom is -0.352 e. The molecule has 3 nitrogen and oxygen atoms in total. The van der Waals surface area contributed by atoms with Crippen LogP contribution >= 0.6 is 15.9 Å². The summed E-state index contributed by atoms with van der Waals surface area (Å²) in [7, 11) is 0. The molecule has 104 valence electrons. The van der Waals surface area contributed by atoms with Crippen molar-refractivity contribution in [2.24, 2.45) is 0 Å². The second-order valence-corrected chi connectivity index (χ2v) is 6.06. The van der Waals surface area contributed by atoms with E-state index in [-0.39, 0.29) is 18.0 Å². The molecule has 19 heavy (non-hydrogen) atoms. The van der Waals surface area contributed by atoms with E-state index in [1.165, 1.54) is 12.0 Å². The lowest BCUT2D eigenvalue weighted by atomic mass is 10.0. The quantitative estimate of drug-likeness (QED) is 0.894.